The smallest absolute Gasteiger partial charge is 0.319 e. The fourth-order valence-electron chi connectivity index (χ4n) is 2.53. The number of nitro groups is 1. The third kappa shape index (κ3) is 3.79. The summed E-state index contributed by atoms with van der Waals surface area (Å²) in [6, 6.07) is 7.91. The Morgan fingerprint density at radius 3 is 2.42 bits per heavy atom. The van der Waals surface area contributed by atoms with E-state index < -0.39 is 10.8 Å². The molecule has 1 amide bonds. The molecule has 0 saturated carbocycles. The molecule has 2 rings (SSSR count). The topological polar surface area (TPSA) is 101 Å². The van der Waals surface area contributed by atoms with E-state index in [2.05, 4.69) is 41.5 Å². The molecule has 0 bridgehead atoms. The lowest BCUT2D eigenvalue weighted by Crippen LogP contribution is -2.29. The second-order valence-corrected chi connectivity index (χ2v) is 5.80. The monoisotopic (exact) mass is 330 g/mol. The molecule has 2 N–H and O–H groups in total. The predicted octanol–water partition coefficient (Wildman–Crippen LogP) is 3.71. The summed E-state index contributed by atoms with van der Waals surface area (Å²) in [4.78, 5) is 22.6. The van der Waals surface area contributed by atoms with Gasteiger partial charge in [-0.2, -0.15) is 5.10 Å². The van der Waals surface area contributed by atoms with E-state index in [0.717, 1.165) is 18.2 Å². The molecule has 128 valence electrons. The van der Waals surface area contributed by atoms with E-state index in [0.29, 0.717) is 12.3 Å². The molecule has 0 aliphatic rings. The SMILES string of the molecule is CCC(C)c1ccc(C(CC)NC(=O)c2[nH]ncc2[N+](=O)[O-])cc1. The Hall–Kier alpha value is -2.70. The van der Waals surface area contributed by atoms with Gasteiger partial charge < -0.3 is 5.32 Å². The molecule has 0 radical (unpaired) electrons. The maximum atomic E-state index is 12.3. The van der Waals surface area contributed by atoms with Gasteiger partial charge >= 0.3 is 5.69 Å². The molecule has 0 aliphatic carbocycles. The third-order valence-electron chi connectivity index (χ3n) is 4.28. The standard InChI is InChI=1S/C17H22N4O3/c1-4-11(3)12-6-8-13(9-7-12)14(5-2)19-17(22)16-15(21(23)24)10-18-20-16/h6-11,14H,4-5H2,1-3H3,(H,18,20)(H,19,22). The van der Waals surface area contributed by atoms with E-state index >= 15 is 0 Å². The number of carbonyl (C=O) groups is 1. The lowest BCUT2D eigenvalue weighted by molar-refractivity contribution is -0.385. The van der Waals surface area contributed by atoms with Crippen LogP contribution in [0.2, 0.25) is 0 Å². The number of nitrogens with one attached hydrogen (secondary N) is 2. The molecule has 1 aromatic heterocycles. The van der Waals surface area contributed by atoms with Crippen LogP contribution in [0.15, 0.2) is 30.5 Å². The van der Waals surface area contributed by atoms with E-state index in [9.17, 15) is 14.9 Å². The summed E-state index contributed by atoms with van der Waals surface area (Å²) in [5.74, 6) is -0.0431. The van der Waals surface area contributed by atoms with Crippen LogP contribution in [0, 0.1) is 10.1 Å². The summed E-state index contributed by atoms with van der Waals surface area (Å²) < 4.78 is 0. The number of aromatic nitrogens is 2. The van der Waals surface area contributed by atoms with Crippen molar-refractivity contribution in [2.75, 3.05) is 0 Å². The van der Waals surface area contributed by atoms with Gasteiger partial charge in [-0.25, -0.2) is 0 Å². The molecule has 7 nitrogen and oxygen atoms in total. The summed E-state index contributed by atoms with van der Waals surface area (Å²) in [7, 11) is 0. The van der Waals surface area contributed by atoms with E-state index in [1.54, 1.807) is 0 Å². The van der Waals surface area contributed by atoms with Gasteiger partial charge in [0.25, 0.3) is 5.91 Å². The van der Waals surface area contributed by atoms with Crippen molar-refractivity contribution in [3.63, 3.8) is 0 Å². The molecule has 24 heavy (non-hydrogen) atoms. The summed E-state index contributed by atoms with van der Waals surface area (Å²) in [5, 5.41) is 19.7. The van der Waals surface area contributed by atoms with E-state index in [4.69, 9.17) is 0 Å². The fraction of sp³-hybridized carbons (Fsp3) is 0.412. The zero-order valence-corrected chi connectivity index (χ0v) is 14.1. The number of benzene rings is 1. The molecule has 1 heterocycles. The van der Waals surface area contributed by atoms with Crippen LogP contribution < -0.4 is 5.32 Å². The molecular weight excluding hydrogens is 308 g/mol. The van der Waals surface area contributed by atoms with Gasteiger partial charge in [0.1, 0.15) is 6.20 Å². The van der Waals surface area contributed by atoms with E-state index in [-0.39, 0.29) is 17.4 Å². The summed E-state index contributed by atoms with van der Waals surface area (Å²) >= 11 is 0. The summed E-state index contributed by atoms with van der Waals surface area (Å²) in [6.45, 7) is 6.27. The fourth-order valence-corrected chi connectivity index (χ4v) is 2.53. The molecule has 2 unspecified atom stereocenters. The average Bonchev–Trinajstić information content (AvgIpc) is 3.09. The van der Waals surface area contributed by atoms with Gasteiger partial charge in [-0.1, -0.05) is 45.0 Å². The van der Waals surface area contributed by atoms with Crippen molar-refractivity contribution >= 4 is 11.6 Å². The highest BCUT2D eigenvalue weighted by atomic mass is 16.6. The van der Waals surface area contributed by atoms with Gasteiger partial charge in [0.2, 0.25) is 5.69 Å². The Balaban J connectivity index is 2.15. The van der Waals surface area contributed by atoms with Gasteiger partial charge in [-0.15, -0.1) is 0 Å². The summed E-state index contributed by atoms with van der Waals surface area (Å²) in [5.41, 5.74) is 1.77. The van der Waals surface area contributed by atoms with Crippen LogP contribution in [0.25, 0.3) is 0 Å². The predicted molar refractivity (Wildman–Crippen MR) is 90.9 cm³/mol. The van der Waals surface area contributed by atoms with Crippen molar-refractivity contribution in [1.82, 2.24) is 15.5 Å². The van der Waals surface area contributed by atoms with Crippen molar-refractivity contribution < 1.29 is 9.72 Å². The molecule has 2 atom stereocenters. The minimum atomic E-state index is -0.625. The normalized spacial score (nSPS) is 13.3. The highest BCUT2D eigenvalue weighted by molar-refractivity contribution is 5.96. The van der Waals surface area contributed by atoms with Crippen LogP contribution in [0.3, 0.4) is 0 Å². The minimum Gasteiger partial charge on any atom is -0.344 e. The molecule has 1 aromatic carbocycles. The second kappa shape index (κ2) is 7.72. The number of hydrogen-bond donors (Lipinski definition) is 2. The molecule has 0 aliphatic heterocycles. The highest BCUT2D eigenvalue weighted by Crippen LogP contribution is 2.23. The molecule has 2 aromatic rings. The molecule has 0 spiro atoms. The molecule has 0 fully saturated rings. The molecule has 7 heteroatoms. The lowest BCUT2D eigenvalue weighted by atomic mass is 9.95. The maximum absolute atomic E-state index is 12.3. The first kappa shape index (κ1) is 17.7. The first-order valence-electron chi connectivity index (χ1n) is 8.06. The molecule has 0 saturated heterocycles. The van der Waals surface area contributed by atoms with Crippen molar-refractivity contribution in [3.8, 4) is 0 Å². The molecular formula is C17H22N4O3. The third-order valence-corrected chi connectivity index (χ3v) is 4.28. The van der Waals surface area contributed by atoms with Crippen molar-refractivity contribution in [3.05, 3.63) is 57.4 Å². The van der Waals surface area contributed by atoms with Crippen LogP contribution >= 0.6 is 0 Å². The Morgan fingerprint density at radius 1 is 1.25 bits per heavy atom. The van der Waals surface area contributed by atoms with Crippen LogP contribution in [-0.4, -0.2) is 21.0 Å². The zero-order valence-electron chi connectivity index (χ0n) is 14.1. The number of H-pyrrole nitrogens is 1. The van der Waals surface area contributed by atoms with E-state index in [1.807, 2.05) is 19.1 Å². The first-order valence-corrected chi connectivity index (χ1v) is 8.06. The Labute approximate surface area is 140 Å². The van der Waals surface area contributed by atoms with Crippen LogP contribution in [0.5, 0.6) is 0 Å². The quantitative estimate of drug-likeness (QED) is 0.597. The van der Waals surface area contributed by atoms with Crippen LogP contribution in [-0.2, 0) is 0 Å². The lowest BCUT2D eigenvalue weighted by Gasteiger charge is -2.18. The number of carbonyl (C=O) groups excluding carboxylic acids is 1. The Kier molecular flexibility index (Phi) is 5.68. The van der Waals surface area contributed by atoms with Gasteiger partial charge in [-0.05, 0) is 29.9 Å². The van der Waals surface area contributed by atoms with Crippen molar-refractivity contribution in [2.45, 2.75) is 45.6 Å². The average molecular weight is 330 g/mol. The van der Waals surface area contributed by atoms with Gasteiger partial charge in [0.15, 0.2) is 0 Å². The summed E-state index contributed by atoms with van der Waals surface area (Å²) in [6.07, 6.45) is 2.78. The van der Waals surface area contributed by atoms with Gasteiger partial charge in [0.05, 0.1) is 11.0 Å². The van der Waals surface area contributed by atoms with Gasteiger partial charge in [0, 0.05) is 0 Å². The number of aromatic amines is 1. The van der Waals surface area contributed by atoms with Gasteiger partial charge in [-0.3, -0.25) is 20.0 Å². The zero-order chi connectivity index (χ0) is 17.7. The Bertz CT molecular complexity index is 709. The van der Waals surface area contributed by atoms with Crippen molar-refractivity contribution in [2.24, 2.45) is 0 Å². The Morgan fingerprint density at radius 2 is 1.88 bits per heavy atom. The van der Waals surface area contributed by atoms with Crippen LogP contribution in [0.1, 0.15) is 67.2 Å². The van der Waals surface area contributed by atoms with Crippen molar-refractivity contribution in [1.29, 1.82) is 0 Å². The highest BCUT2D eigenvalue weighted by Gasteiger charge is 2.24. The number of hydrogen-bond acceptors (Lipinski definition) is 4. The minimum absolute atomic E-state index is 0.130. The largest absolute Gasteiger partial charge is 0.344 e. The van der Waals surface area contributed by atoms with Crippen LogP contribution in [0.4, 0.5) is 5.69 Å². The second-order valence-electron chi connectivity index (χ2n) is 5.80. The van der Waals surface area contributed by atoms with E-state index in [1.165, 1.54) is 5.56 Å². The number of nitrogens with zero attached hydrogens (tertiary/aromatic N) is 2. The number of amides is 1. The first-order chi connectivity index (χ1) is 11.5. The number of rotatable bonds is 7. The maximum Gasteiger partial charge on any atom is 0.319 e.